The number of hydrogen-bond donors (Lipinski definition) is 2. The number of alkyl halides is 2. The highest BCUT2D eigenvalue weighted by Gasteiger charge is 2.20. The fourth-order valence-corrected chi connectivity index (χ4v) is 2.69. The third-order valence-electron chi connectivity index (χ3n) is 3.96. The van der Waals surface area contributed by atoms with Gasteiger partial charge in [-0.15, -0.1) is 0 Å². The maximum atomic E-state index is 12.8. The molecule has 132 valence electrons. The van der Waals surface area contributed by atoms with Crippen LogP contribution in [0.2, 0.25) is 0 Å². The molecule has 0 aromatic carbocycles. The van der Waals surface area contributed by atoms with Gasteiger partial charge in [-0.3, -0.25) is 9.98 Å². The topological polar surface area (TPSA) is 66.0 Å². The monoisotopic (exact) mass is 353 g/mol. The molecule has 0 saturated heterocycles. The molecule has 0 saturated carbocycles. The lowest BCUT2D eigenvalue weighted by Gasteiger charge is -2.08. The van der Waals surface area contributed by atoms with E-state index in [0.717, 1.165) is 11.3 Å². The van der Waals surface area contributed by atoms with Gasteiger partial charge in [0, 0.05) is 30.6 Å². The number of pyridine rings is 2. The third kappa shape index (κ3) is 3.11. The number of nitrogens with one attached hydrogen (secondary N) is 2. The van der Waals surface area contributed by atoms with Gasteiger partial charge in [-0.25, -0.2) is 13.8 Å². The number of halogens is 2. The summed E-state index contributed by atoms with van der Waals surface area (Å²) in [6.07, 6.45) is 1.91. The number of nitrogens with zero attached hydrogens (tertiary/aromatic N) is 3. The van der Waals surface area contributed by atoms with Crippen molar-refractivity contribution in [3.63, 3.8) is 0 Å². The van der Waals surface area contributed by atoms with E-state index in [1.807, 2.05) is 12.1 Å². The molecule has 0 fully saturated rings. The maximum Gasteiger partial charge on any atom is 0.265 e. The zero-order valence-corrected chi connectivity index (χ0v) is 14.1. The fourth-order valence-electron chi connectivity index (χ4n) is 2.69. The average molecular weight is 353 g/mol. The summed E-state index contributed by atoms with van der Waals surface area (Å²) in [5.41, 5.74) is 3.87. The Morgan fingerprint density at radius 3 is 2.65 bits per heavy atom. The Labute approximate surface area is 149 Å². The summed E-state index contributed by atoms with van der Waals surface area (Å²) >= 11 is 0. The Bertz CT molecular complexity index is 945. The molecule has 0 unspecified atom stereocenters. The van der Waals surface area contributed by atoms with Crippen LogP contribution in [-0.4, -0.2) is 28.7 Å². The van der Waals surface area contributed by atoms with E-state index in [4.69, 9.17) is 0 Å². The highest BCUT2D eigenvalue weighted by molar-refractivity contribution is 5.93. The van der Waals surface area contributed by atoms with E-state index in [2.05, 4.69) is 38.6 Å². The predicted octanol–water partition coefficient (Wildman–Crippen LogP) is 5.09. The molecule has 3 rings (SSSR count). The second-order valence-corrected chi connectivity index (χ2v) is 5.46. The molecule has 7 heteroatoms. The van der Waals surface area contributed by atoms with Crippen LogP contribution in [0.3, 0.4) is 0 Å². The Morgan fingerprint density at radius 1 is 1.27 bits per heavy atom. The second-order valence-electron chi connectivity index (χ2n) is 5.46. The number of aromatic amines is 1. The first-order valence-corrected chi connectivity index (χ1v) is 7.82. The normalized spacial score (nSPS) is 10.8. The molecule has 3 heterocycles. The van der Waals surface area contributed by atoms with E-state index >= 15 is 0 Å². The van der Waals surface area contributed by atoms with Gasteiger partial charge in [0.2, 0.25) is 0 Å². The van der Waals surface area contributed by atoms with Crippen LogP contribution in [0.25, 0.3) is 28.6 Å². The van der Waals surface area contributed by atoms with Crippen molar-refractivity contribution in [2.24, 2.45) is 4.99 Å². The van der Waals surface area contributed by atoms with Gasteiger partial charge in [-0.1, -0.05) is 6.58 Å². The first-order chi connectivity index (χ1) is 12.6. The van der Waals surface area contributed by atoms with Crippen molar-refractivity contribution in [1.29, 1.82) is 0 Å². The molecular formula is C19H17F2N5. The summed E-state index contributed by atoms with van der Waals surface area (Å²) < 4.78 is 25.7. The molecule has 2 N–H and O–H groups in total. The van der Waals surface area contributed by atoms with Crippen molar-refractivity contribution in [2.45, 2.75) is 6.43 Å². The van der Waals surface area contributed by atoms with E-state index in [0.29, 0.717) is 28.5 Å². The Hall–Kier alpha value is -3.35. The number of aliphatic imine (C=N–C) groups is 1. The van der Waals surface area contributed by atoms with Crippen LogP contribution in [0.15, 0.2) is 48.2 Å². The van der Waals surface area contributed by atoms with Gasteiger partial charge in [0.05, 0.1) is 28.3 Å². The molecule has 0 atom stereocenters. The molecule has 0 aliphatic carbocycles. The quantitative estimate of drug-likeness (QED) is 0.606. The Balaban J connectivity index is 2.23. The third-order valence-corrected chi connectivity index (χ3v) is 3.96. The molecule has 3 aromatic rings. The van der Waals surface area contributed by atoms with E-state index in [1.54, 1.807) is 25.4 Å². The molecule has 0 radical (unpaired) electrons. The van der Waals surface area contributed by atoms with Crippen LogP contribution < -0.4 is 5.32 Å². The van der Waals surface area contributed by atoms with Crippen molar-refractivity contribution >= 4 is 24.3 Å². The molecule has 5 nitrogen and oxygen atoms in total. The van der Waals surface area contributed by atoms with Crippen LogP contribution in [0.1, 0.15) is 17.7 Å². The van der Waals surface area contributed by atoms with Gasteiger partial charge in [0.1, 0.15) is 5.82 Å². The predicted molar refractivity (Wildman–Crippen MR) is 101 cm³/mol. The molecule has 26 heavy (non-hydrogen) atoms. The maximum absolute atomic E-state index is 12.8. The molecule has 0 aliphatic rings. The van der Waals surface area contributed by atoms with Crippen molar-refractivity contribution < 1.29 is 8.78 Å². The fraction of sp³-hybridized carbons (Fsp3) is 0.105. The molecule has 3 aromatic heterocycles. The lowest BCUT2D eigenvalue weighted by molar-refractivity contribution is 0.151. The number of hydrogen-bond acceptors (Lipinski definition) is 4. The van der Waals surface area contributed by atoms with E-state index in [1.165, 1.54) is 12.3 Å². The van der Waals surface area contributed by atoms with E-state index < -0.39 is 6.43 Å². The minimum absolute atomic E-state index is 0.135. The number of aromatic nitrogens is 3. The first-order valence-electron chi connectivity index (χ1n) is 7.82. The van der Waals surface area contributed by atoms with Crippen molar-refractivity contribution in [2.75, 3.05) is 12.4 Å². The number of anilines is 1. The summed E-state index contributed by atoms with van der Waals surface area (Å²) in [4.78, 5) is 15.8. The van der Waals surface area contributed by atoms with Crippen molar-refractivity contribution in [3.8, 4) is 22.5 Å². The number of H-pyrrole nitrogens is 1. The van der Waals surface area contributed by atoms with Crippen molar-refractivity contribution in [1.82, 2.24) is 15.0 Å². The van der Waals surface area contributed by atoms with Crippen molar-refractivity contribution in [3.05, 3.63) is 54.5 Å². The largest absolute Gasteiger partial charge is 0.373 e. The first kappa shape index (κ1) is 17.5. The lowest BCUT2D eigenvalue weighted by Crippen LogP contribution is -1.93. The molecular weight excluding hydrogens is 336 g/mol. The average Bonchev–Trinajstić information content (AvgIpc) is 3.06. The smallest absolute Gasteiger partial charge is 0.265 e. The van der Waals surface area contributed by atoms with Gasteiger partial charge >= 0.3 is 0 Å². The van der Waals surface area contributed by atoms with Crippen LogP contribution in [-0.2, 0) is 0 Å². The minimum atomic E-state index is -2.57. The molecule has 0 spiro atoms. The summed E-state index contributed by atoms with van der Waals surface area (Å²) in [7, 11) is 1.78. The summed E-state index contributed by atoms with van der Waals surface area (Å²) in [6.45, 7) is 7.41. The zero-order chi connectivity index (χ0) is 18.7. The van der Waals surface area contributed by atoms with E-state index in [-0.39, 0.29) is 5.56 Å². The van der Waals surface area contributed by atoms with Crippen LogP contribution in [0, 0.1) is 0 Å². The van der Waals surface area contributed by atoms with Gasteiger partial charge in [0.25, 0.3) is 6.43 Å². The Kier molecular flexibility index (Phi) is 4.88. The lowest BCUT2D eigenvalue weighted by atomic mass is 10.0. The van der Waals surface area contributed by atoms with Gasteiger partial charge in [-0.2, -0.15) is 0 Å². The van der Waals surface area contributed by atoms with Gasteiger partial charge in [0.15, 0.2) is 0 Å². The van der Waals surface area contributed by atoms with Gasteiger partial charge < -0.3 is 10.3 Å². The van der Waals surface area contributed by atoms with Gasteiger partial charge in [-0.05, 0) is 37.1 Å². The SMILES string of the molecule is C=Cc1[nH]c(-c2ccnc(NC)c2)c(-c2ccc(C(F)F)cn2)c1N=C. The standard InChI is InChI=1S/C19H17F2N5/c1-4-13-18(23-3)16(14-6-5-12(10-25-14)19(20)21)17(26-13)11-7-8-24-15(9-11)22-2/h4-10,19,26H,1,3H2,2H3,(H,22,24). The zero-order valence-electron chi connectivity index (χ0n) is 14.1. The highest BCUT2D eigenvalue weighted by atomic mass is 19.3. The van der Waals surface area contributed by atoms with Crippen LogP contribution >= 0.6 is 0 Å². The molecule has 0 amide bonds. The summed E-state index contributed by atoms with van der Waals surface area (Å²) in [6, 6.07) is 6.61. The summed E-state index contributed by atoms with van der Waals surface area (Å²) in [5.74, 6) is 0.692. The van der Waals surface area contributed by atoms with Crippen LogP contribution in [0.5, 0.6) is 0 Å². The summed E-state index contributed by atoms with van der Waals surface area (Å²) in [5, 5.41) is 2.99. The molecule has 0 bridgehead atoms. The second kappa shape index (κ2) is 7.26. The van der Waals surface area contributed by atoms with Crippen LogP contribution in [0.4, 0.5) is 20.3 Å². The number of rotatable bonds is 6. The minimum Gasteiger partial charge on any atom is -0.373 e. The Morgan fingerprint density at radius 2 is 2.08 bits per heavy atom. The highest BCUT2D eigenvalue weighted by Crippen LogP contribution is 2.42. The molecule has 0 aliphatic heterocycles. The van der Waals surface area contributed by atoms with E-state index in [9.17, 15) is 8.78 Å².